The Bertz CT molecular complexity index is 677. The van der Waals surface area contributed by atoms with Gasteiger partial charge in [0.2, 0.25) is 5.91 Å². The SMILES string of the molecule is N#CC(C(=O)NC1CCCC1)C(=O)C1COc2ccc(Br)cc21. The number of hydrogen-bond acceptors (Lipinski definition) is 4. The van der Waals surface area contributed by atoms with Crippen LogP contribution in [0.3, 0.4) is 0 Å². The second-order valence-electron chi connectivity index (χ2n) is 6.00. The van der Waals surface area contributed by atoms with Gasteiger partial charge < -0.3 is 10.1 Å². The van der Waals surface area contributed by atoms with Crippen LogP contribution >= 0.6 is 15.9 Å². The van der Waals surface area contributed by atoms with Crippen LogP contribution in [-0.4, -0.2) is 24.3 Å². The summed E-state index contributed by atoms with van der Waals surface area (Å²) >= 11 is 3.37. The van der Waals surface area contributed by atoms with E-state index in [0.29, 0.717) is 5.75 Å². The van der Waals surface area contributed by atoms with Crippen LogP contribution in [0.15, 0.2) is 22.7 Å². The minimum Gasteiger partial charge on any atom is -0.492 e. The molecule has 2 unspecified atom stereocenters. The number of hydrogen-bond donors (Lipinski definition) is 1. The molecule has 120 valence electrons. The van der Waals surface area contributed by atoms with Crippen molar-refractivity contribution >= 4 is 27.6 Å². The van der Waals surface area contributed by atoms with E-state index in [9.17, 15) is 14.9 Å². The lowest BCUT2D eigenvalue weighted by Crippen LogP contribution is -2.41. The van der Waals surface area contributed by atoms with E-state index in [0.717, 1.165) is 35.7 Å². The van der Waals surface area contributed by atoms with E-state index < -0.39 is 17.7 Å². The highest BCUT2D eigenvalue weighted by atomic mass is 79.9. The molecule has 0 spiro atoms. The van der Waals surface area contributed by atoms with E-state index >= 15 is 0 Å². The molecule has 6 heteroatoms. The molecule has 1 fully saturated rings. The lowest BCUT2D eigenvalue weighted by molar-refractivity contribution is -0.133. The Morgan fingerprint density at radius 1 is 1.35 bits per heavy atom. The largest absolute Gasteiger partial charge is 0.492 e. The van der Waals surface area contributed by atoms with Crippen molar-refractivity contribution in [3.8, 4) is 11.8 Å². The standard InChI is InChI=1S/C17H17BrN2O3/c18-10-5-6-15-12(7-10)14(9-23-15)16(21)13(8-19)17(22)20-11-3-1-2-4-11/h5-7,11,13-14H,1-4,9H2,(H,20,22). The third-order valence-electron chi connectivity index (χ3n) is 4.47. The fraction of sp³-hybridized carbons (Fsp3) is 0.471. The van der Waals surface area contributed by atoms with Gasteiger partial charge in [0.1, 0.15) is 12.4 Å². The Balaban J connectivity index is 1.75. The summed E-state index contributed by atoms with van der Waals surface area (Å²) < 4.78 is 6.35. The molecule has 0 aromatic heterocycles. The summed E-state index contributed by atoms with van der Waals surface area (Å²) in [6, 6.07) is 7.39. The average molecular weight is 377 g/mol. The Kier molecular flexibility index (Phi) is 4.67. The summed E-state index contributed by atoms with van der Waals surface area (Å²) in [5.74, 6) is -2.08. The van der Waals surface area contributed by atoms with Crippen molar-refractivity contribution in [3.63, 3.8) is 0 Å². The van der Waals surface area contributed by atoms with Crippen molar-refractivity contribution in [1.82, 2.24) is 5.32 Å². The molecule has 1 saturated carbocycles. The number of fused-ring (bicyclic) bond motifs is 1. The Morgan fingerprint density at radius 3 is 2.78 bits per heavy atom. The van der Waals surface area contributed by atoms with Crippen molar-refractivity contribution in [2.75, 3.05) is 6.61 Å². The molecule has 1 N–H and O–H groups in total. The average Bonchev–Trinajstić information content (AvgIpc) is 3.16. The highest BCUT2D eigenvalue weighted by Gasteiger charge is 2.38. The van der Waals surface area contributed by atoms with Gasteiger partial charge in [0, 0.05) is 16.1 Å². The molecule has 5 nitrogen and oxygen atoms in total. The quantitative estimate of drug-likeness (QED) is 0.819. The number of Topliss-reactive ketones (excluding diaryl/α,β-unsaturated/α-hetero) is 1. The lowest BCUT2D eigenvalue weighted by Gasteiger charge is -2.16. The molecule has 1 aromatic rings. The van der Waals surface area contributed by atoms with Crippen LogP contribution in [0, 0.1) is 17.2 Å². The van der Waals surface area contributed by atoms with Crippen molar-refractivity contribution in [3.05, 3.63) is 28.2 Å². The van der Waals surface area contributed by atoms with E-state index in [2.05, 4.69) is 21.2 Å². The molecule has 1 amide bonds. The minimum absolute atomic E-state index is 0.0902. The molecule has 23 heavy (non-hydrogen) atoms. The zero-order valence-corrected chi connectivity index (χ0v) is 14.1. The number of ketones is 1. The third kappa shape index (κ3) is 3.25. The van der Waals surface area contributed by atoms with Gasteiger partial charge >= 0.3 is 0 Å². The summed E-state index contributed by atoms with van der Waals surface area (Å²) in [6.45, 7) is 0.180. The molecule has 1 aromatic carbocycles. The molecule has 0 bridgehead atoms. The summed E-state index contributed by atoms with van der Waals surface area (Å²) in [5, 5.41) is 12.2. The normalized spacial score (nSPS) is 21.1. The van der Waals surface area contributed by atoms with Crippen LogP contribution in [0.25, 0.3) is 0 Å². The Labute approximate surface area is 143 Å². The van der Waals surface area contributed by atoms with E-state index in [1.54, 1.807) is 6.07 Å². The molecule has 0 radical (unpaired) electrons. The summed E-state index contributed by atoms with van der Waals surface area (Å²) in [4.78, 5) is 25.0. The molecule has 2 atom stereocenters. The van der Waals surface area contributed by atoms with Gasteiger partial charge in [0.15, 0.2) is 11.7 Å². The molecule has 1 heterocycles. The van der Waals surface area contributed by atoms with Crippen LogP contribution in [0.4, 0.5) is 0 Å². The van der Waals surface area contributed by atoms with Gasteiger partial charge in [-0.2, -0.15) is 5.26 Å². The zero-order chi connectivity index (χ0) is 16.4. The summed E-state index contributed by atoms with van der Waals surface area (Å²) in [6.07, 6.45) is 3.99. The highest BCUT2D eigenvalue weighted by molar-refractivity contribution is 9.10. The van der Waals surface area contributed by atoms with Crippen molar-refractivity contribution in [1.29, 1.82) is 5.26 Å². The summed E-state index contributed by atoms with van der Waals surface area (Å²) in [5.41, 5.74) is 0.735. The predicted octanol–water partition coefficient (Wildman–Crippen LogP) is 2.69. The summed E-state index contributed by atoms with van der Waals surface area (Å²) in [7, 11) is 0. The molecular formula is C17H17BrN2O3. The fourth-order valence-electron chi connectivity index (χ4n) is 3.23. The van der Waals surface area contributed by atoms with Gasteiger partial charge in [-0.15, -0.1) is 0 Å². The number of amides is 1. The van der Waals surface area contributed by atoms with Gasteiger partial charge in [-0.1, -0.05) is 28.8 Å². The van der Waals surface area contributed by atoms with Crippen LogP contribution < -0.4 is 10.1 Å². The number of nitrogens with one attached hydrogen (secondary N) is 1. The van der Waals surface area contributed by atoms with Gasteiger partial charge in [-0.05, 0) is 31.0 Å². The number of carbonyl (C=O) groups excluding carboxylic acids is 2. The molecule has 1 aliphatic carbocycles. The maximum atomic E-state index is 12.7. The first-order valence-electron chi connectivity index (χ1n) is 7.76. The smallest absolute Gasteiger partial charge is 0.245 e. The minimum atomic E-state index is -1.28. The number of nitrogens with zero attached hydrogens (tertiary/aromatic N) is 1. The third-order valence-corrected chi connectivity index (χ3v) is 4.97. The molecule has 2 aliphatic rings. The van der Waals surface area contributed by atoms with Crippen LogP contribution in [0.2, 0.25) is 0 Å². The topological polar surface area (TPSA) is 79.2 Å². The molecule has 0 saturated heterocycles. The van der Waals surface area contributed by atoms with E-state index in [1.165, 1.54) is 0 Å². The van der Waals surface area contributed by atoms with Gasteiger partial charge in [0.05, 0.1) is 12.0 Å². The van der Waals surface area contributed by atoms with Gasteiger partial charge in [-0.3, -0.25) is 9.59 Å². The first-order chi connectivity index (χ1) is 11.1. The monoisotopic (exact) mass is 376 g/mol. The fourth-order valence-corrected chi connectivity index (χ4v) is 3.61. The number of ether oxygens (including phenoxy) is 1. The van der Waals surface area contributed by atoms with Crippen LogP contribution in [-0.2, 0) is 9.59 Å². The van der Waals surface area contributed by atoms with Crippen molar-refractivity contribution in [2.45, 2.75) is 37.6 Å². The van der Waals surface area contributed by atoms with E-state index in [-0.39, 0.29) is 18.4 Å². The molecular weight excluding hydrogens is 360 g/mol. The predicted molar refractivity (Wildman–Crippen MR) is 86.9 cm³/mol. The maximum Gasteiger partial charge on any atom is 0.245 e. The number of nitriles is 1. The van der Waals surface area contributed by atoms with Crippen LogP contribution in [0.5, 0.6) is 5.75 Å². The van der Waals surface area contributed by atoms with Crippen molar-refractivity contribution in [2.24, 2.45) is 5.92 Å². The molecule has 3 rings (SSSR count). The first kappa shape index (κ1) is 16.0. The number of rotatable bonds is 4. The van der Waals surface area contributed by atoms with Crippen molar-refractivity contribution < 1.29 is 14.3 Å². The van der Waals surface area contributed by atoms with Gasteiger partial charge in [0.25, 0.3) is 0 Å². The second-order valence-corrected chi connectivity index (χ2v) is 6.92. The van der Waals surface area contributed by atoms with E-state index in [1.807, 2.05) is 18.2 Å². The molecule has 1 aliphatic heterocycles. The van der Waals surface area contributed by atoms with Gasteiger partial charge in [-0.25, -0.2) is 0 Å². The lowest BCUT2D eigenvalue weighted by atomic mass is 9.88. The first-order valence-corrected chi connectivity index (χ1v) is 8.55. The Morgan fingerprint density at radius 2 is 2.09 bits per heavy atom. The zero-order valence-electron chi connectivity index (χ0n) is 12.5. The highest BCUT2D eigenvalue weighted by Crippen LogP contribution is 2.37. The van der Waals surface area contributed by atoms with E-state index in [4.69, 9.17) is 4.74 Å². The number of benzene rings is 1. The maximum absolute atomic E-state index is 12.7. The Hall–Kier alpha value is -1.87. The second kappa shape index (κ2) is 6.71. The number of carbonyl (C=O) groups is 2. The van der Waals surface area contributed by atoms with Crippen LogP contribution in [0.1, 0.15) is 37.2 Å². The number of halogens is 1.